The van der Waals surface area contributed by atoms with Crippen LogP contribution in [0.3, 0.4) is 0 Å². The fourth-order valence-electron chi connectivity index (χ4n) is 4.97. The first kappa shape index (κ1) is 18.2. The van der Waals surface area contributed by atoms with Crippen molar-refractivity contribution < 1.29 is 14.0 Å². The molecule has 27 heavy (non-hydrogen) atoms. The Balaban J connectivity index is 1.52. The van der Waals surface area contributed by atoms with Gasteiger partial charge in [-0.15, -0.1) is 0 Å². The molecule has 0 radical (unpaired) electrons. The highest BCUT2D eigenvalue weighted by atomic mass is 19.1. The molecule has 1 aliphatic carbocycles. The smallest absolute Gasteiger partial charge is 0.260 e. The standard InChI is InChI=1S/C21H26FN3O2/c1-13-17-11-14(22)12-18(20(23)26)19(17)21(27)25(13)16-7-9-24(10-8-16)15-5-3-2-4-6-15/h11-12,15-16H,1-10H2,(H2,23,26). The monoisotopic (exact) mass is 371 g/mol. The molecule has 0 spiro atoms. The predicted octanol–water partition coefficient (Wildman–Crippen LogP) is 3.15. The number of rotatable bonds is 3. The molecule has 5 nitrogen and oxygen atoms in total. The largest absolute Gasteiger partial charge is 0.366 e. The van der Waals surface area contributed by atoms with Gasteiger partial charge in [-0.25, -0.2) is 4.39 Å². The van der Waals surface area contributed by atoms with Crippen LogP contribution in [0.2, 0.25) is 0 Å². The van der Waals surface area contributed by atoms with Gasteiger partial charge in [0.25, 0.3) is 5.91 Å². The minimum atomic E-state index is -0.791. The van der Waals surface area contributed by atoms with Crippen molar-refractivity contribution in [2.75, 3.05) is 13.1 Å². The zero-order chi connectivity index (χ0) is 19.1. The lowest BCUT2D eigenvalue weighted by Crippen LogP contribution is -2.48. The number of hydrogen-bond donors (Lipinski definition) is 1. The third-order valence-corrected chi connectivity index (χ3v) is 6.36. The van der Waals surface area contributed by atoms with E-state index in [4.69, 9.17) is 5.73 Å². The Kier molecular flexibility index (Phi) is 4.76. The van der Waals surface area contributed by atoms with Crippen molar-refractivity contribution in [2.45, 2.75) is 57.0 Å². The zero-order valence-electron chi connectivity index (χ0n) is 15.5. The molecule has 1 aromatic rings. The van der Waals surface area contributed by atoms with Gasteiger partial charge >= 0.3 is 0 Å². The summed E-state index contributed by atoms with van der Waals surface area (Å²) in [5, 5.41) is 0. The number of fused-ring (bicyclic) bond motifs is 1. The summed E-state index contributed by atoms with van der Waals surface area (Å²) in [5.41, 5.74) is 6.39. The lowest BCUT2D eigenvalue weighted by Gasteiger charge is -2.41. The van der Waals surface area contributed by atoms with Crippen LogP contribution in [0.5, 0.6) is 0 Å². The molecule has 2 fully saturated rings. The molecule has 2 aliphatic heterocycles. The first-order valence-electron chi connectivity index (χ1n) is 9.87. The minimum Gasteiger partial charge on any atom is -0.366 e. The Labute approximate surface area is 159 Å². The zero-order valence-corrected chi connectivity index (χ0v) is 15.5. The Hall–Kier alpha value is -2.21. The number of amides is 2. The van der Waals surface area contributed by atoms with E-state index in [9.17, 15) is 14.0 Å². The van der Waals surface area contributed by atoms with E-state index in [1.165, 1.54) is 38.2 Å². The number of primary amides is 1. The Bertz CT molecular complexity index is 793. The van der Waals surface area contributed by atoms with Gasteiger partial charge in [-0.3, -0.25) is 9.59 Å². The van der Waals surface area contributed by atoms with E-state index >= 15 is 0 Å². The van der Waals surface area contributed by atoms with E-state index < -0.39 is 11.7 Å². The van der Waals surface area contributed by atoms with Crippen LogP contribution in [-0.2, 0) is 0 Å². The summed E-state index contributed by atoms with van der Waals surface area (Å²) < 4.78 is 13.9. The lowest BCUT2D eigenvalue weighted by atomic mass is 9.92. The SMILES string of the molecule is C=C1c2cc(F)cc(C(N)=O)c2C(=O)N1C1CCN(C2CCCCC2)CC1. The van der Waals surface area contributed by atoms with Crippen LogP contribution >= 0.6 is 0 Å². The minimum absolute atomic E-state index is 0.0287. The van der Waals surface area contributed by atoms with Crippen molar-refractivity contribution in [3.8, 4) is 0 Å². The van der Waals surface area contributed by atoms with Crippen LogP contribution in [0, 0.1) is 5.82 Å². The van der Waals surface area contributed by atoms with Crippen LogP contribution < -0.4 is 5.73 Å². The van der Waals surface area contributed by atoms with Gasteiger partial charge in [0.1, 0.15) is 5.82 Å². The topological polar surface area (TPSA) is 66.6 Å². The molecule has 1 saturated heterocycles. The number of benzene rings is 1. The second-order valence-electron chi connectivity index (χ2n) is 7.92. The fourth-order valence-corrected chi connectivity index (χ4v) is 4.97. The summed E-state index contributed by atoms with van der Waals surface area (Å²) in [4.78, 5) is 29.0. The van der Waals surface area contributed by atoms with E-state index in [0.717, 1.165) is 32.0 Å². The summed E-state index contributed by atoms with van der Waals surface area (Å²) in [6.45, 7) is 5.94. The molecule has 1 aromatic carbocycles. The van der Waals surface area contributed by atoms with E-state index in [1.54, 1.807) is 4.90 Å². The molecule has 6 heteroatoms. The quantitative estimate of drug-likeness (QED) is 0.888. The third-order valence-electron chi connectivity index (χ3n) is 6.36. The summed E-state index contributed by atoms with van der Waals surface area (Å²) >= 11 is 0. The molecule has 3 aliphatic rings. The molecule has 0 unspecified atom stereocenters. The number of nitrogens with two attached hydrogens (primary N) is 1. The van der Waals surface area contributed by atoms with Gasteiger partial charge in [-0.1, -0.05) is 25.8 Å². The van der Waals surface area contributed by atoms with Crippen molar-refractivity contribution in [1.29, 1.82) is 0 Å². The summed E-state index contributed by atoms with van der Waals surface area (Å²) in [6, 6.07) is 3.02. The molecule has 144 valence electrons. The maximum absolute atomic E-state index is 13.9. The Morgan fingerprint density at radius 3 is 2.37 bits per heavy atom. The van der Waals surface area contributed by atoms with Crippen molar-refractivity contribution in [3.63, 3.8) is 0 Å². The van der Waals surface area contributed by atoms with E-state index in [2.05, 4.69) is 11.5 Å². The Morgan fingerprint density at radius 1 is 1.07 bits per heavy atom. The van der Waals surface area contributed by atoms with Crippen molar-refractivity contribution in [1.82, 2.24) is 9.80 Å². The van der Waals surface area contributed by atoms with Crippen LogP contribution in [-0.4, -0.2) is 46.8 Å². The van der Waals surface area contributed by atoms with Gasteiger partial charge in [0.05, 0.1) is 11.1 Å². The van der Waals surface area contributed by atoms with Gasteiger partial charge in [0.2, 0.25) is 5.91 Å². The molecule has 0 bridgehead atoms. The molecule has 2 amide bonds. The van der Waals surface area contributed by atoms with Crippen LogP contribution in [0.1, 0.15) is 71.2 Å². The van der Waals surface area contributed by atoms with Crippen LogP contribution in [0.25, 0.3) is 5.70 Å². The Morgan fingerprint density at radius 2 is 1.74 bits per heavy atom. The van der Waals surface area contributed by atoms with Gasteiger partial charge in [-0.05, 0) is 37.8 Å². The molecule has 4 rings (SSSR count). The fraction of sp³-hybridized carbons (Fsp3) is 0.524. The maximum atomic E-state index is 13.9. The molecule has 2 heterocycles. The average Bonchev–Trinajstić information content (AvgIpc) is 2.92. The molecular weight excluding hydrogens is 345 g/mol. The van der Waals surface area contributed by atoms with E-state index in [-0.39, 0.29) is 23.1 Å². The molecule has 1 saturated carbocycles. The van der Waals surface area contributed by atoms with Gasteiger partial charge in [0, 0.05) is 36.4 Å². The number of hydrogen-bond acceptors (Lipinski definition) is 3. The second kappa shape index (κ2) is 7.08. The third kappa shape index (κ3) is 3.16. The van der Waals surface area contributed by atoms with Crippen LogP contribution in [0.4, 0.5) is 4.39 Å². The van der Waals surface area contributed by atoms with Gasteiger partial charge in [-0.2, -0.15) is 0 Å². The number of likely N-dealkylation sites (tertiary alicyclic amines) is 1. The van der Waals surface area contributed by atoms with Gasteiger partial charge in [0.15, 0.2) is 0 Å². The van der Waals surface area contributed by atoms with Crippen LogP contribution in [0.15, 0.2) is 18.7 Å². The van der Waals surface area contributed by atoms with Crippen molar-refractivity contribution in [3.05, 3.63) is 41.2 Å². The highest BCUT2D eigenvalue weighted by Crippen LogP contribution is 2.38. The molecular formula is C21H26FN3O2. The van der Waals surface area contributed by atoms with Gasteiger partial charge < -0.3 is 15.5 Å². The number of carbonyl (C=O) groups excluding carboxylic acids is 2. The lowest BCUT2D eigenvalue weighted by molar-refractivity contribution is 0.0653. The summed E-state index contributed by atoms with van der Waals surface area (Å²) in [5.74, 6) is -1.65. The first-order chi connectivity index (χ1) is 13.0. The average molecular weight is 371 g/mol. The van der Waals surface area contributed by atoms with E-state index in [1.807, 2.05) is 0 Å². The maximum Gasteiger partial charge on any atom is 0.260 e. The molecule has 2 N–H and O–H groups in total. The summed E-state index contributed by atoms with van der Waals surface area (Å²) in [6.07, 6.45) is 8.23. The highest BCUT2D eigenvalue weighted by Gasteiger charge is 2.40. The number of halogens is 1. The predicted molar refractivity (Wildman–Crippen MR) is 102 cm³/mol. The van der Waals surface area contributed by atoms with Crippen molar-refractivity contribution >= 4 is 17.5 Å². The second-order valence-corrected chi connectivity index (χ2v) is 7.92. The molecule has 0 aromatic heterocycles. The number of carbonyl (C=O) groups is 2. The van der Waals surface area contributed by atoms with Crippen molar-refractivity contribution in [2.24, 2.45) is 5.73 Å². The van der Waals surface area contributed by atoms with E-state index in [0.29, 0.717) is 17.3 Å². The number of piperidine rings is 1. The summed E-state index contributed by atoms with van der Waals surface area (Å²) in [7, 11) is 0. The first-order valence-corrected chi connectivity index (χ1v) is 9.87. The normalized spacial score (nSPS) is 22.3. The highest BCUT2D eigenvalue weighted by molar-refractivity contribution is 6.15. The molecule has 0 atom stereocenters. The number of nitrogens with zero attached hydrogens (tertiary/aromatic N) is 2.